The summed E-state index contributed by atoms with van der Waals surface area (Å²) in [4.78, 5) is 26.4. The molecule has 2 aromatic carbocycles. The molecule has 31 heavy (non-hydrogen) atoms. The molecule has 162 valence electrons. The Labute approximate surface area is 202 Å². The molecule has 0 N–H and O–H groups in total. The van der Waals surface area contributed by atoms with Crippen molar-refractivity contribution < 1.29 is 28.5 Å². The molecule has 2 aromatic rings. The van der Waals surface area contributed by atoms with Gasteiger partial charge in [0.05, 0.1) is 35.5 Å². The molecular weight excluding hydrogens is 553 g/mol. The van der Waals surface area contributed by atoms with Crippen molar-refractivity contribution in [3.8, 4) is 17.2 Å². The number of methoxy groups -OCH3 is 3. The van der Waals surface area contributed by atoms with Gasteiger partial charge in [-0.1, -0.05) is 36.1 Å². The van der Waals surface area contributed by atoms with E-state index in [-0.39, 0.29) is 12.5 Å². The molecule has 3 rings (SSSR count). The molecule has 0 radical (unpaired) electrons. The van der Waals surface area contributed by atoms with E-state index in [0.717, 1.165) is 5.56 Å². The van der Waals surface area contributed by atoms with Gasteiger partial charge in [-0.2, -0.15) is 0 Å². The predicted octanol–water partition coefficient (Wildman–Crippen LogP) is 4.27. The van der Waals surface area contributed by atoms with E-state index < -0.39 is 5.97 Å². The smallest absolute Gasteiger partial charge is 0.343 e. The van der Waals surface area contributed by atoms with E-state index in [4.69, 9.17) is 26.4 Å². The van der Waals surface area contributed by atoms with Crippen LogP contribution >= 0.6 is 46.6 Å². The SMILES string of the molecule is COC(=O)COc1c(I)cc(/C=C2\SC(=S)N(c3ccccc3OC)C2=O)cc1OC. The molecule has 7 nitrogen and oxygen atoms in total. The van der Waals surface area contributed by atoms with Crippen LogP contribution < -0.4 is 19.1 Å². The normalized spacial score (nSPS) is 14.7. The van der Waals surface area contributed by atoms with Crippen LogP contribution in [0.4, 0.5) is 5.69 Å². The van der Waals surface area contributed by atoms with Crippen LogP contribution in [0, 0.1) is 3.57 Å². The van der Waals surface area contributed by atoms with E-state index in [1.807, 2.05) is 18.2 Å². The van der Waals surface area contributed by atoms with Crippen molar-refractivity contribution >= 4 is 74.5 Å². The molecule has 0 saturated carbocycles. The first-order valence-corrected chi connectivity index (χ1v) is 11.2. The number of carbonyl (C=O) groups excluding carboxylic acids is 2. The van der Waals surface area contributed by atoms with Gasteiger partial charge in [0.25, 0.3) is 5.91 Å². The molecule has 0 aliphatic carbocycles. The summed E-state index contributed by atoms with van der Waals surface area (Å²) >= 11 is 8.74. The number of carbonyl (C=O) groups is 2. The Bertz CT molecular complexity index is 1070. The van der Waals surface area contributed by atoms with Crippen LogP contribution in [-0.2, 0) is 14.3 Å². The molecule has 1 amide bonds. The molecule has 1 heterocycles. The maximum Gasteiger partial charge on any atom is 0.343 e. The molecule has 0 unspecified atom stereocenters. The first-order chi connectivity index (χ1) is 14.9. The minimum absolute atomic E-state index is 0.236. The van der Waals surface area contributed by atoms with Gasteiger partial charge in [0.1, 0.15) is 5.75 Å². The van der Waals surface area contributed by atoms with Gasteiger partial charge in [-0.15, -0.1) is 0 Å². The lowest BCUT2D eigenvalue weighted by molar-refractivity contribution is -0.142. The van der Waals surface area contributed by atoms with Gasteiger partial charge in [0.2, 0.25) is 0 Å². The monoisotopic (exact) mass is 571 g/mol. The van der Waals surface area contributed by atoms with E-state index in [0.29, 0.717) is 35.7 Å². The van der Waals surface area contributed by atoms with Crippen LogP contribution in [0.25, 0.3) is 6.08 Å². The maximum absolute atomic E-state index is 13.1. The quantitative estimate of drug-likeness (QED) is 0.211. The molecule has 0 atom stereocenters. The maximum atomic E-state index is 13.1. The number of thiocarbonyl (C=S) groups is 1. The van der Waals surface area contributed by atoms with Crippen LogP contribution in [0.15, 0.2) is 41.3 Å². The fourth-order valence-electron chi connectivity index (χ4n) is 2.79. The fourth-order valence-corrected chi connectivity index (χ4v) is 4.86. The third-order valence-corrected chi connectivity index (χ3v) is 6.33. The van der Waals surface area contributed by atoms with Crippen molar-refractivity contribution in [2.45, 2.75) is 0 Å². The number of esters is 1. The fraction of sp³-hybridized carbons (Fsp3) is 0.190. The number of para-hydroxylation sites is 2. The Morgan fingerprint density at radius 2 is 1.87 bits per heavy atom. The molecule has 1 saturated heterocycles. The van der Waals surface area contributed by atoms with Crippen LogP contribution in [0.1, 0.15) is 5.56 Å². The Balaban J connectivity index is 1.91. The van der Waals surface area contributed by atoms with Gasteiger partial charge in [-0.3, -0.25) is 9.69 Å². The van der Waals surface area contributed by atoms with Crippen molar-refractivity contribution in [3.05, 3.63) is 50.4 Å². The van der Waals surface area contributed by atoms with Crippen molar-refractivity contribution in [1.29, 1.82) is 0 Å². The average Bonchev–Trinajstić information content (AvgIpc) is 3.04. The standard InChI is InChI=1S/C21H18INO6S2/c1-26-15-7-5-4-6-14(15)23-20(25)17(31-21(23)30)10-12-8-13(22)19(16(9-12)27-2)29-11-18(24)28-3/h4-10H,11H2,1-3H3/b17-10-. The van der Waals surface area contributed by atoms with Gasteiger partial charge in [-0.05, 0) is 58.5 Å². The Morgan fingerprint density at radius 1 is 1.16 bits per heavy atom. The summed E-state index contributed by atoms with van der Waals surface area (Å²) in [7, 11) is 4.34. The second-order valence-electron chi connectivity index (χ2n) is 6.09. The first-order valence-electron chi connectivity index (χ1n) is 8.87. The van der Waals surface area contributed by atoms with E-state index in [1.54, 1.807) is 31.4 Å². The van der Waals surface area contributed by atoms with Gasteiger partial charge >= 0.3 is 5.97 Å². The summed E-state index contributed by atoms with van der Waals surface area (Å²) in [5.74, 6) is 0.680. The summed E-state index contributed by atoms with van der Waals surface area (Å²) < 4.78 is 22.0. The largest absolute Gasteiger partial charge is 0.495 e. The van der Waals surface area contributed by atoms with E-state index in [1.165, 1.54) is 30.9 Å². The minimum atomic E-state index is -0.498. The Kier molecular flexibility index (Phi) is 7.79. The highest BCUT2D eigenvalue weighted by molar-refractivity contribution is 14.1. The van der Waals surface area contributed by atoms with Crippen LogP contribution in [0.3, 0.4) is 0 Å². The van der Waals surface area contributed by atoms with Crippen molar-refractivity contribution in [3.63, 3.8) is 0 Å². The van der Waals surface area contributed by atoms with Gasteiger partial charge in [-0.25, -0.2) is 4.79 Å². The Morgan fingerprint density at radius 3 is 2.55 bits per heavy atom. The van der Waals surface area contributed by atoms with Crippen molar-refractivity contribution in [1.82, 2.24) is 0 Å². The van der Waals surface area contributed by atoms with Crippen LogP contribution in [-0.4, -0.2) is 44.1 Å². The molecule has 1 aliphatic heterocycles. The van der Waals surface area contributed by atoms with E-state index in [9.17, 15) is 9.59 Å². The number of ether oxygens (including phenoxy) is 4. The average molecular weight is 571 g/mol. The Hall–Kier alpha value is -2.31. The van der Waals surface area contributed by atoms with E-state index in [2.05, 4.69) is 27.3 Å². The van der Waals surface area contributed by atoms with Gasteiger partial charge in [0.15, 0.2) is 22.4 Å². The third-order valence-electron chi connectivity index (χ3n) is 4.23. The number of halogens is 1. The van der Waals surface area contributed by atoms with Crippen LogP contribution in [0.2, 0.25) is 0 Å². The first kappa shape index (κ1) is 23.4. The highest BCUT2D eigenvalue weighted by Gasteiger charge is 2.35. The second-order valence-corrected chi connectivity index (χ2v) is 8.93. The third kappa shape index (κ3) is 5.13. The molecule has 10 heteroatoms. The number of nitrogens with zero attached hydrogens (tertiary/aromatic N) is 1. The number of rotatable bonds is 7. The molecule has 0 bridgehead atoms. The summed E-state index contributed by atoms with van der Waals surface area (Å²) in [6, 6.07) is 10.8. The summed E-state index contributed by atoms with van der Waals surface area (Å²) in [6.07, 6.45) is 1.74. The van der Waals surface area contributed by atoms with Crippen LogP contribution in [0.5, 0.6) is 17.2 Å². The highest BCUT2D eigenvalue weighted by atomic mass is 127. The topological polar surface area (TPSA) is 74.3 Å². The lowest BCUT2D eigenvalue weighted by Gasteiger charge is -2.17. The molecule has 0 spiro atoms. The number of hydrogen-bond donors (Lipinski definition) is 0. The number of thioether (sulfide) groups is 1. The summed E-state index contributed by atoms with van der Waals surface area (Å²) in [5, 5.41) is 0. The minimum Gasteiger partial charge on any atom is -0.495 e. The zero-order chi connectivity index (χ0) is 22.5. The number of benzene rings is 2. The van der Waals surface area contributed by atoms with Gasteiger partial charge in [0, 0.05) is 0 Å². The summed E-state index contributed by atoms with van der Waals surface area (Å²) in [5.41, 5.74) is 1.32. The second kappa shape index (κ2) is 10.3. The lowest BCUT2D eigenvalue weighted by Crippen LogP contribution is -2.27. The lowest BCUT2D eigenvalue weighted by atomic mass is 10.1. The number of amides is 1. The van der Waals surface area contributed by atoms with Crippen molar-refractivity contribution in [2.24, 2.45) is 0 Å². The molecular formula is C21H18INO6S2. The van der Waals surface area contributed by atoms with Gasteiger partial charge < -0.3 is 18.9 Å². The molecule has 1 aliphatic rings. The number of hydrogen-bond acceptors (Lipinski definition) is 8. The summed E-state index contributed by atoms with van der Waals surface area (Å²) in [6.45, 7) is -0.236. The molecule has 1 fully saturated rings. The highest BCUT2D eigenvalue weighted by Crippen LogP contribution is 2.41. The van der Waals surface area contributed by atoms with Crippen molar-refractivity contribution in [2.75, 3.05) is 32.8 Å². The number of anilines is 1. The molecule has 0 aromatic heterocycles. The zero-order valence-electron chi connectivity index (χ0n) is 16.8. The van der Waals surface area contributed by atoms with E-state index >= 15 is 0 Å². The predicted molar refractivity (Wildman–Crippen MR) is 132 cm³/mol. The zero-order valence-corrected chi connectivity index (χ0v) is 20.6.